The molecule has 1 unspecified atom stereocenters. The molecule has 0 bridgehead atoms. The molecule has 0 saturated heterocycles. The molecule has 1 aliphatic heterocycles. The van der Waals surface area contributed by atoms with Crippen molar-refractivity contribution in [3.63, 3.8) is 0 Å². The summed E-state index contributed by atoms with van der Waals surface area (Å²) in [6, 6.07) is 15.2. The maximum Gasteiger partial charge on any atom is 0.0648 e. The van der Waals surface area contributed by atoms with Crippen molar-refractivity contribution in [2.45, 2.75) is 25.9 Å². The van der Waals surface area contributed by atoms with E-state index in [4.69, 9.17) is 11.6 Å². The summed E-state index contributed by atoms with van der Waals surface area (Å²) in [7, 11) is 1.96. The van der Waals surface area contributed by atoms with Crippen LogP contribution in [0.1, 0.15) is 18.1 Å². The molecular formula is C17H19ClN2. The first-order valence-corrected chi connectivity index (χ1v) is 7.39. The fourth-order valence-corrected chi connectivity index (χ4v) is 3.35. The molecule has 2 aromatic rings. The molecule has 3 rings (SSSR count). The average Bonchev–Trinajstić information content (AvgIpc) is 2.76. The van der Waals surface area contributed by atoms with E-state index >= 15 is 0 Å². The third kappa shape index (κ3) is 2.19. The fourth-order valence-electron chi connectivity index (χ4n) is 3.07. The molecule has 2 nitrogen and oxygen atoms in total. The molecule has 0 saturated carbocycles. The number of anilines is 2. The Kier molecular flexibility index (Phi) is 3.68. The minimum atomic E-state index is 0.433. The van der Waals surface area contributed by atoms with E-state index in [-0.39, 0.29) is 0 Å². The van der Waals surface area contributed by atoms with Gasteiger partial charge in [-0.25, -0.2) is 0 Å². The van der Waals surface area contributed by atoms with Gasteiger partial charge in [0.2, 0.25) is 0 Å². The number of halogens is 1. The maximum atomic E-state index is 6.51. The quantitative estimate of drug-likeness (QED) is 0.912. The molecular weight excluding hydrogens is 268 g/mol. The molecule has 104 valence electrons. The minimum absolute atomic E-state index is 0.433. The van der Waals surface area contributed by atoms with Crippen molar-refractivity contribution in [1.82, 2.24) is 5.32 Å². The van der Waals surface area contributed by atoms with Crippen LogP contribution in [0, 0.1) is 0 Å². The van der Waals surface area contributed by atoms with Gasteiger partial charge in [-0.3, -0.25) is 0 Å². The second-order valence-electron chi connectivity index (χ2n) is 5.33. The number of rotatable bonds is 3. The summed E-state index contributed by atoms with van der Waals surface area (Å²) in [5, 5.41) is 4.05. The van der Waals surface area contributed by atoms with Crippen molar-refractivity contribution >= 4 is 23.0 Å². The van der Waals surface area contributed by atoms with Crippen molar-refractivity contribution in [1.29, 1.82) is 0 Å². The standard InChI is InChI=1S/C17H19ClN2/c1-12-10-13-6-3-4-9-16(13)20(12)17-14(11-19-2)7-5-8-15(17)18/h3-9,12,19H,10-11H2,1-2H3. The van der Waals surface area contributed by atoms with Crippen molar-refractivity contribution in [3.8, 4) is 0 Å². The molecule has 0 spiro atoms. The van der Waals surface area contributed by atoms with Gasteiger partial charge < -0.3 is 10.2 Å². The van der Waals surface area contributed by atoms with Gasteiger partial charge in [0.25, 0.3) is 0 Å². The number of hydrogen-bond donors (Lipinski definition) is 1. The summed E-state index contributed by atoms with van der Waals surface area (Å²) >= 11 is 6.51. The van der Waals surface area contributed by atoms with E-state index in [0.717, 1.165) is 23.7 Å². The SMILES string of the molecule is CNCc1cccc(Cl)c1N1c2ccccc2CC1C. The lowest BCUT2D eigenvalue weighted by Crippen LogP contribution is -2.26. The maximum absolute atomic E-state index is 6.51. The first kappa shape index (κ1) is 13.5. The Bertz CT molecular complexity index is 624. The van der Waals surface area contributed by atoms with E-state index in [1.165, 1.54) is 16.8 Å². The second-order valence-corrected chi connectivity index (χ2v) is 5.74. The van der Waals surface area contributed by atoms with Crippen LogP contribution < -0.4 is 10.2 Å². The van der Waals surface area contributed by atoms with Crippen LogP contribution in [0.4, 0.5) is 11.4 Å². The summed E-state index contributed by atoms with van der Waals surface area (Å²) < 4.78 is 0. The molecule has 1 aliphatic rings. The van der Waals surface area contributed by atoms with Gasteiger partial charge in [0, 0.05) is 18.3 Å². The van der Waals surface area contributed by atoms with Gasteiger partial charge in [-0.2, -0.15) is 0 Å². The summed E-state index contributed by atoms with van der Waals surface area (Å²) in [5.41, 5.74) is 5.06. The summed E-state index contributed by atoms with van der Waals surface area (Å²) in [4.78, 5) is 2.38. The topological polar surface area (TPSA) is 15.3 Å². The number of para-hydroxylation sites is 2. The van der Waals surface area contributed by atoms with E-state index in [9.17, 15) is 0 Å². The van der Waals surface area contributed by atoms with Crippen LogP contribution in [-0.2, 0) is 13.0 Å². The molecule has 1 atom stereocenters. The van der Waals surface area contributed by atoms with Crippen LogP contribution >= 0.6 is 11.6 Å². The van der Waals surface area contributed by atoms with Crippen LogP contribution in [0.25, 0.3) is 0 Å². The number of fused-ring (bicyclic) bond motifs is 1. The van der Waals surface area contributed by atoms with Gasteiger partial charge in [-0.1, -0.05) is 41.9 Å². The van der Waals surface area contributed by atoms with Gasteiger partial charge in [0.05, 0.1) is 10.7 Å². The van der Waals surface area contributed by atoms with Crippen molar-refractivity contribution in [2.75, 3.05) is 11.9 Å². The summed E-state index contributed by atoms with van der Waals surface area (Å²) in [5.74, 6) is 0. The lowest BCUT2D eigenvalue weighted by molar-refractivity contribution is 0.746. The molecule has 0 fully saturated rings. The molecule has 0 aliphatic carbocycles. The first-order chi connectivity index (χ1) is 9.72. The number of nitrogens with one attached hydrogen (secondary N) is 1. The van der Waals surface area contributed by atoms with Crippen molar-refractivity contribution in [2.24, 2.45) is 0 Å². The minimum Gasteiger partial charge on any atom is -0.337 e. The predicted octanol–water partition coefficient (Wildman–Crippen LogP) is 4.14. The smallest absolute Gasteiger partial charge is 0.0648 e. The Morgan fingerprint density at radius 2 is 2.00 bits per heavy atom. The van der Waals surface area contributed by atoms with Crippen LogP contribution in [0.3, 0.4) is 0 Å². The molecule has 0 radical (unpaired) electrons. The van der Waals surface area contributed by atoms with Crippen LogP contribution in [-0.4, -0.2) is 13.1 Å². The average molecular weight is 287 g/mol. The lowest BCUT2D eigenvalue weighted by Gasteiger charge is -2.28. The molecule has 2 aromatic carbocycles. The van der Waals surface area contributed by atoms with E-state index in [0.29, 0.717) is 6.04 Å². The molecule has 1 heterocycles. The first-order valence-electron chi connectivity index (χ1n) is 7.01. The molecule has 3 heteroatoms. The Morgan fingerprint density at radius 1 is 1.20 bits per heavy atom. The van der Waals surface area contributed by atoms with Gasteiger partial charge in [0.15, 0.2) is 0 Å². The second kappa shape index (κ2) is 5.47. The van der Waals surface area contributed by atoms with Gasteiger partial charge in [0.1, 0.15) is 0 Å². The normalized spacial score (nSPS) is 17.4. The van der Waals surface area contributed by atoms with E-state index < -0.39 is 0 Å². The van der Waals surface area contributed by atoms with Crippen LogP contribution in [0.5, 0.6) is 0 Å². The van der Waals surface area contributed by atoms with Crippen LogP contribution in [0.15, 0.2) is 42.5 Å². The molecule has 0 aromatic heterocycles. The Hall–Kier alpha value is -1.51. The van der Waals surface area contributed by atoms with Gasteiger partial charge >= 0.3 is 0 Å². The zero-order valence-electron chi connectivity index (χ0n) is 11.9. The fraction of sp³-hybridized carbons (Fsp3) is 0.294. The monoisotopic (exact) mass is 286 g/mol. The van der Waals surface area contributed by atoms with Crippen molar-refractivity contribution in [3.05, 3.63) is 58.6 Å². The summed E-state index contributed by atoms with van der Waals surface area (Å²) in [6.07, 6.45) is 1.07. The van der Waals surface area contributed by atoms with Crippen LogP contribution in [0.2, 0.25) is 5.02 Å². The zero-order valence-corrected chi connectivity index (χ0v) is 12.6. The highest BCUT2D eigenvalue weighted by Crippen LogP contribution is 2.42. The third-order valence-electron chi connectivity index (χ3n) is 3.89. The number of nitrogens with zero attached hydrogens (tertiary/aromatic N) is 1. The third-order valence-corrected chi connectivity index (χ3v) is 4.19. The Balaban J connectivity index is 2.14. The highest BCUT2D eigenvalue weighted by Gasteiger charge is 2.29. The predicted molar refractivity (Wildman–Crippen MR) is 86.0 cm³/mol. The van der Waals surface area contributed by atoms with E-state index in [1.807, 2.05) is 19.2 Å². The molecule has 0 amide bonds. The summed E-state index contributed by atoms with van der Waals surface area (Å²) in [6.45, 7) is 3.08. The van der Waals surface area contributed by atoms with E-state index in [1.54, 1.807) is 0 Å². The van der Waals surface area contributed by atoms with Crippen molar-refractivity contribution < 1.29 is 0 Å². The Labute approximate surface area is 125 Å². The number of benzene rings is 2. The van der Waals surface area contributed by atoms with E-state index in [2.05, 4.69) is 47.5 Å². The highest BCUT2D eigenvalue weighted by atomic mass is 35.5. The Morgan fingerprint density at radius 3 is 2.80 bits per heavy atom. The number of hydrogen-bond acceptors (Lipinski definition) is 2. The van der Waals surface area contributed by atoms with Gasteiger partial charge in [-0.05, 0) is 43.7 Å². The molecule has 20 heavy (non-hydrogen) atoms. The molecule has 1 N–H and O–H groups in total. The zero-order chi connectivity index (χ0) is 14.1. The van der Waals surface area contributed by atoms with Gasteiger partial charge in [-0.15, -0.1) is 0 Å². The largest absolute Gasteiger partial charge is 0.337 e. The lowest BCUT2D eigenvalue weighted by atomic mass is 10.1. The highest BCUT2D eigenvalue weighted by molar-refractivity contribution is 6.33.